The molecule has 0 N–H and O–H groups in total. The molecule has 1 radical (unpaired) electrons. The van der Waals surface area contributed by atoms with E-state index >= 15 is 0 Å². The highest BCUT2D eigenvalue weighted by molar-refractivity contribution is 5.83. The van der Waals surface area contributed by atoms with Gasteiger partial charge in [-0.15, -0.1) is 0 Å². The van der Waals surface area contributed by atoms with Crippen LogP contribution in [-0.4, -0.2) is 15.9 Å². The molecule has 0 unspecified atom stereocenters. The molecule has 2 rings (SSSR count). The Bertz CT molecular complexity index is 373. The van der Waals surface area contributed by atoms with Crippen LogP contribution < -0.4 is 5.32 Å². The van der Waals surface area contributed by atoms with Crippen LogP contribution in [0.15, 0.2) is 0 Å². The van der Waals surface area contributed by atoms with E-state index in [-0.39, 0.29) is 5.91 Å². The molecular weight excluding hydrogens is 166 g/mol. The van der Waals surface area contributed by atoms with Crippen molar-refractivity contribution in [3.05, 3.63) is 17.1 Å². The second-order valence-electron chi connectivity index (χ2n) is 3.16. The average molecular weight is 176 g/mol. The van der Waals surface area contributed by atoms with Crippen molar-refractivity contribution in [2.24, 2.45) is 0 Å². The topological polar surface area (TPSA) is 57.0 Å². The number of carbonyl (C=O) groups is 1. The Morgan fingerprint density at radius 3 is 2.69 bits per heavy atom. The number of aromatic nitrogens is 2. The van der Waals surface area contributed by atoms with Gasteiger partial charge in [0.15, 0.2) is 5.82 Å². The number of amides is 1. The number of carbonyl (C=O) groups excluding carboxylic acids is 1. The lowest BCUT2D eigenvalue weighted by atomic mass is 10.1. The second kappa shape index (κ2) is 2.80. The number of nitrogens with zero attached hydrogens (tertiary/aromatic N) is 3. The van der Waals surface area contributed by atoms with Crippen LogP contribution in [0.5, 0.6) is 0 Å². The highest BCUT2D eigenvalue weighted by atomic mass is 16.1. The molecule has 0 bridgehead atoms. The Kier molecular flexibility index (Phi) is 1.76. The molecule has 1 aliphatic rings. The molecule has 0 saturated carbocycles. The van der Waals surface area contributed by atoms with Crippen molar-refractivity contribution in [2.45, 2.75) is 26.7 Å². The summed E-state index contributed by atoms with van der Waals surface area (Å²) in [6.07, 6.45) is 1.21. The highest BCUT2D eigenvalue weighted by Crippen LogP contribution is 2.22. The van der Waals surface area contributed by atoms with Gasteiger partial charge < -0.3 is 0 Å². The zero-order chi connectivity index (χ0) is 9.42. The van der Waals surface area contributed by atoms with Gasteiger partial charge in [0, 0.05) is 17.7 Å². The molecule has 0 fully saturated rings. The quantitative estimate of drug-likeness (QED) is 0.587. The first-order valence-electron chi connectivity index (χ1n) is 4.25. The first-order chi connectivity index (χ1) is 6.16. The fourth-order valence-electron chi connectivity index (χ4n) is 1.51. The predicted molar refractivity (Wildman–Crippen MR) is 46.6 cm³/mol. The number of rotatable bonds is 0. The first-order valence-corrected chi connectivity index (χ1v) is 4.25. The van der Waals surface area contributed by atoms with E-state index in [0.717, 1.165) is 17.7 Å². The van der Waals surface area contributed by atoms with Crippen LogP contribution in [0.3, 0.4) is 0 Å². The van der Waals surface area contributed by atoms with Gasteiger partial charge in [-0.1, -0.05) is 0 Å². The van der Waals surface area contributed by atoms with Gasteiger partial charge in [0.25, 0.3) is 0 Å². The van der Waals surface area contributed by atoms with E-state index < -0.39 is 0 Å². The third-order valence-electron chi connectivity index (χ3n) is 2.12. The lowest BCUT2D eigenvalue weighted by Gasteiger charge is -2.14. The SMILES string of the molecule is Cc1nc(C)c2c(n1)[N]C(=O)CC2. The fourth-order valence-corrected chi connectivity index (χ4v) is 1.51. The summed E-state index contributed by atoms with van der Waals surface area (Å²) >= 11 is 0. The van der Waals surface area contributed by atoms with Crippen LogP contribution in [-0.2, 0) is 11.2 Å². The van der Waals surface area contributed by atoms with E-state index in [1.165, 1.54) is 0 Å². The van der Waals surface area contributed by atoms with E-state index in [0.29, 0.717) is 18.1 Å². The van der Waals surface area contributed by atoms with Crippen molar-refractivity contribution in [3.63, 3.8) is 0 Å². The molecule has 4 heteroatoms. The van der Waals surface area contributed by atoms with Crippen molar-refractivity contribution in [1.82, 2.24) is 15.3 Å². The van der Waals surface area contributed by atoms with E-state index in [4.69, 9.17) is 0 Å². The molecule has 4 nitrogen and oxygen atoms in total. The molecule has 1 amide bonds. The Labute approximate surface area is 76.4 Å². The van der Waals surface area contributed by atoms with Gasteiger partial charge in [-0.2, -0.15) is 5.32 Å². The maximum absolute atomic E-state index is 11.0. The van der Waals surface area contributed by atoms with Gasteiger partial charge in [0.2, 0.25) is 5.91 Å². The molecule has 1 aromatic rings. The molecule has 2 heterocycles. The molecule has 1 aliphatic heterocycles. The molecule has 1 aromatic heterocycles. The predicted octanol–water partition coefficient (Wildman–Crippen LogP) is 0.802. The maximum Gasteiger partial charge on any atom is 0.248 e. The van der Waals surface area contributed by atoms with Crippen molar-refractivity contribution in [3.8, 4) is 0 Å². The second-order valence-corrected chi connectivity index (χ2v) is 3.16. The van der Waals surface area contributed by atoms with Crippen LogP contribution in [0.1, 0.15) is 23.5 Å². The van der Waals surface area contributed by atoms with Gasteiger partial charge in [0.1, 0.15) is 5.82 Å². The summed E-state index contributed by atoms with van der Waals surface area (Å²) in [6.45, 7) is 3.74. The number of hydrogen-bond acceptors (Lipinski definition) is 3. The lowest BCUT2D eigenvalue weighted by Crippen LogP contribution is -2.21. The third-order valence-corrected chi connectivity index (χ3v) is 2.12. The van der Waals surface area contributed by atoms with E-state index in [9.17, 15) is 4.79 Å². The molecule has 0 aliphatic carbocycles. The Hall–Kier alpha value is -1.45. The number of aryl methyl sites for hydroxylation is 2. The standard InChI is InChI=1S/C9H10N3O/c1-5-7-3-4-8(13)12-9(7)11-6(2)10-5/h3-4H2,1-2H3. The minimum absolute atomic E-state index is 0.0787. The fraction of sp³-hybridized carbons (Fsp3) is 0.444. The molecule has 0 atom stereocenters. The monoisotopic (exact) mass is 176 g/mol. The summed E-state index contributed by atoms with van der Waals surface area (Å²) < 4.78 is 0. The zero-order valence-corrected chi connectivity index (χ0v) is 7.66. The lowest BCUT2D eigenvalue weighted by molar-refractivity contribution is -0.120. The Morgan fingerprint density at radius 2 is 1.92 bits per heavy atom. The Morgan fingerprint density at radius 1 is 1.15 bits per heavy atom. The van der Waals surface area contributed by atoms with E-state index in [1.807, 2.05) is 13.8 Å². The van der Waals surface area contributed by atoms with Crippen LogP contribution >= 0.6 is 0 Å². The zero-order valence-electron chi connectivity index (χ0n) is 7.66. The van der Waals surface area contributed by atoms with Crippen LogP contribution in [0.4, 0.5) is 5.82 Å². The summed E-state index contributed by atoms with van der Waals surface area (Å²) in [7, 11) is 0. The average Bonchev–Trinajstić information content (AvgIpc) is 2.02. The molecule has 0 saturated heterocycles. The molecule has 0 aromatic carbocycles. The van der Waals surface area contributed by atoms with Gasteiger partial charge in [-0.3, -0.25) is 4.79 Å². The van der Waals surface area contributed by atoms with Crippen molar-refractivity contribution < 1.29 is 4.79 Å². The Balaban J connectivity index is 2.53. The van der Waals surface area contributed by atoms with Crippen LogP contribution in [0.25, 0.3) is 0 Å². The van der Waals surface area contributed by atoms with E-state index in [1.54, 1.807) is 0 Å². The molecule has 13 heavy (non-hydrogen) atoms. The normalized spacial score (nSPS) is 15.1. The largest absolute Gasteiger partial charge is 0.273 e. The summed E-state index contributed by atoms with van der Waals surface area (Å²) in [6, 6.07) is 0. The molecular formula is C9H10N3O. The minimum atomic E-state index is -0.0787. The number of fused-ring (bicyclic) bond motifs is 1. The first kappa shape index (κ1) is 8.16. The number of hydrogen-bond donors (Lipinski definition) is 0. The summed E-state index contributed by atoms with van der Waals surface area (Å²) in [5.74, 6) is 1.17. The van der Waals surface area contributed by atoms with Crippen molar-refractivity contribution >= 4 is 11.7 Å². The molecule has 0 spiro atoms. The van der Waals surface area contributed by atoms with Crippen molar-refractivity contribution in [2.75, 3.05) is 0 Å². The summed E-state index contributed by atoms with van der Waals surface area (Å²) in [5.41, 5.74) is 1.96. The van der Waals surface area contributed by atoms with Crippen LogP contribution in [0.2, 0.25) is 0 Å². The minimum Gasteiger partial charge on any atom is -0.273 e. The highest BCUT2D eigenvalue weighted by Gasteiger charge is 2.20. The summed E-state index contributed by atoms with van der Waals surface area (Å²) in [5, 5.41) is 3.88. The summed E-state index contributed by atoms with van der Waals surface area (Å²) in [4.78, 5) is 19.4. The van der Waals surface area contributed by atoms with Gasteiger partial charge >= 0.3 is 0 Å². The maximum atomic E-state index is 11.0. The van der Waals surface area contributed by atoms with Gasteiger partial charge in [0.05, 0.1) is 0 Å². The van der Waals surface area contributed by atoms with Crippen molar-refractivity contribution in [1.29, 1.82) is 0 Å². The molecule has 67 valence electrons. The van der Waals surface area contributed by atoms with Gasteiger partial charge in [-0.25, -0.2) is 9.97 Å². The van der Waals surface area contributed by atoms with Gasteiger partial charge in [-0.05, 0) is 20.3 Å². The van der Waals surface area contributed by atoms with Crippen LogP contribution in [0, 0.1) is 13.8 Å². The third kappa shape index (κ3) is 1.39. The smallest absolute Gasteiger partial charge is 0.248 e. The van der Waals surface area contributed by atoms with E-state index in [2.05, 4.69) is 15.3 Å².